The predicted molar refractivity (Wildman–Crippen MR) is 73.3 cm³/mol. The lowest BCUT2D eigenvalue weighted by atomic mass is 10.1. The summed E-state index contributed by atoms with van der Waals surface area (Å²) in [4.78, 5) is 12.0. The van der Waals surface area contributed by atoms with Crippen LogP contribution in [0.1, 0.15) is 15.9 Å². The normalized spacial score (nSPS) is 11.2. The number of amides is 1. The van der Waals surface area contributed by atoms with E-state index in [1.165, 1.54) is 12.1 Å². The van der Waals surface area contributed by atoms with E-state index in [0.717, 1.165) is 18.2 Å². The van der Waals surface area contributed by atoms with E-state index in [9.17, 15) is 13.6 Å². The first-order valence-electron chi connectivity index (χ1n) is 5.87. The molecule has 5 nitrogen and oxygen atoms in total. The molecule has 0 radical (unpaired) electrons. The Bertz CT molecular complexity index is 697. The molecule has 21 heavy (non-hydrogen) atoms. The monoisotopic (exact) mass is 291 g/mol. The molecule has 0 aliphatic heterocycles. The zero-order valence-electron chi connectivity index (χ0n) is 10.7. The number of hydrogen-bond acceptors (Lipinski definition) is 3. The highest BCUT2D eigenvalue weighted by Gasteiger charge is 2.18. The van der Waals surface area contributed by atoms with Crippen molar-refractivity contribution in [3.63, 3.8) is 0 Å². The summed E-state index contributed by atoms with van der Waals surface area (Å²) in [5.74, 6) is -3.16. The molecule has 0 aliphatic rings. The van der Waals surface area contributed by atoms with Crippen LogP contribution in [-0.4, -0.2) is 17.0 Å². The number of nitrogens with two attached hydrogens (primary N) is 1. The lowest BCUT2D eigenvalue weighted by Gasteiger charge is -2.10. The highest BCUT2D eigenvalue weighted by molar-refractivity contribution is 6.10. The van der Waals surface area contributed by atoms with Gasteiger partial charge in [-0.3, -0.25) is 4.79 Å². The van der Waals surface area contributed by atoms with Crippen molar-refractivity contribution >= 4 is 17.4 Å². The predicted octanol–water partition coefficient (Wildman–Crippen LogP) is 2.31. The summed E-state index contributed by atoms with van der Waals surface area (Å²) in [5.41, 5.74) is 5.16. The maximum atomic E-state index is 13.5. The molecule has 2 rings (SSSR count). The minimum absolute atomic E-state index is 0.167. The van der Waals surface area contributed by atoms with Gasteiger partial charge in [0.25, 0.3) is 5.91 Å². The van der Waals surface area contributed by atoms with Crippen LogP contribution in [0, 0.1) is 11.6 Å². The smallest absolute Gasteiger partial charge is 0.261 e. The summed E-state index contributed by atoms with van der Waals surface area (Å²) in [6.45, 7) is 0. The van der Waals surface area contributed by atoms with Gasteiger partial charge >= 0.3 is 0 Å². The molecular formula is C14H11F2N3O2. The van der Waals surface area contributed by atoms with E-state index in [0.29, 0.717) is 0 Å². The summed E-state index contributed by atoms with van der Waals surface area (Å²) >= 11 is 0. The Labute approximate surface area is 118 Å². The topological polar surface area (TPSA) is 87.7 Å². The first-order valence-corrected chi connectivity index (χ1v) is 5.87. The quantitative estimate of drug-likeness (QED) is 0.351. The largest absolute Gasteiger partial charge is 0.409 e. The van der Waals surface area contributed by atoms with Crippen molar-refractivity contribution in [1.29, 1.82) is 0 Å². The van der Waals surface area contributed by atoms with Crippen LogP contribution in [0.3, 0.4) is 0 Å². The molecule has 0 atom stereocenters. The third kappa shape index (κ3) is 2.97. The van der Waals surface area contributed by atoms with Crippen molar-refractivity contribution < 1.29 is 18.8 Å². The van der Waals surface area contributed by atoms with E-state index >= 15 is 0 Å². The maximum absolute atomic E-state index is 13.5. The van der Waals surface area contributed by atoms with Crippen molar-refractivity contribution in [3.8, 4) is 0 Å². The van der Waals surface area contributed by atoms with Gasteiger partial charge in [-0.05, 0) is 24.3 Å². The van der Waals surface area contributed by atoms with Gasteiger partial charge in [0.2, 0.25) is 0 Å². The Balaban J connectivity index is 2.37. The van der Waals surface area contributed by atoms with Crippen molar-refractivity contribution in [2.75, 3.05) is 5.32 Å². The van der Waals surface area contributed by atoms with Crippen molar-refractivity contribution in [2.24, 2.45) is 10.9 Å². The van der Waals surface area contributed by atoms with Gasteiger partial charge < -0.3 is 16.3 Å². The lowest BCUT2D eigenvalue weighted by molar-refractivity contribution is 0.101. The molecule has 0 saturated heterocycles. The average Bonchev–Trinajstić information content (AvgIpc) is 2.47. The molecule has 4 N–H and O–H groups in total. The number of nitrogens with one attached hydrogen (secondary N) is 1. The third-order valence-corrected chi connectivity index (χ3v) is 2.75. The van der Waals surface area contributed by atoms with Crippen LogP contribution < -0.4 is 11.1 Å². The third-order valence-electron chi connectivity index (χ3n) is 2.75. The molecule has 2 aromatic rings. The van der Waals surface area contributed by atoms with Crippen LogP contribution in [0.5, 0.6) is 0 Å². The number of amidine groups is 1. The zero-order chi connectivity index (χ0) is 15.4. The second kappa shape index (κ2) is 6.00. The van der Waals surface area contributed by atoms with E-state index in [1.807, 2.05) is 0 Å². The molecular weight excluding hydrogens is 280 g/mol. The summed E-state index contributed by atoms with van der Waals surface area (Å²) in [6, 6.07) is 9.26. The van der Waals surface area contributed by atoms with E-state index in [-0.39, 0.29) is 17.1 Å². The van der Waals surface area contributed by atoms with E-state index in [4.69, 9.17) is 10.9 Å². The summed E-state index contributed by atoms with van der Waals surface area (Å²) in [5, 5.41) is 13.8. The van der Waals surface area contributed by atoms with Crippen LogP contribution in [0.15, 0.2) is 47.6 Å². The van der Waals surface area contributed by atoms with Gasteiger partial charge in [-0.1, -0.05) is 23.4 Å². The van der Waals surface area contributed by atoms with Gasteiger partial charge in [0, 0.05) is 5.56 Å². The number of para-hydroxylation sites is 1. The second-order valence-corrected chi connectivity index (χ2v) is 4.08. The van der Waals surface area contributed by atoms with Gasteiger partial charge in [-0.2, -0.15) is 0 Å². The fourth-order valence-corrected chi connectivity index (χ4v) is 1.77. The molecule has 0 saturated carbocycles. The number of carbonyl (C=O) groups excluding carboxylic acids is 1. The number of carbonyl (C=O) groups is 1. The average molecular weight is 291 g/mol. The Morgan fingerprint density at radius 1 is 1.10 bits per heavy atom. The molecule has 0 bridgehead atoms. The number of benzene rings is 2. The maximum Gasteiger partial charge on any atom is 0.261 e. The van der Waals surface area contributed by atoms with Crippen molar-refractivity contribution in [2.45, 2.75) is 0 Å². The SMILES string of the molecule is N/C(=N/O)c1ccccc1NC(=O)c1c(F)cccc1F. The van der Waals surface area contributed by atoms with Gasteiger partial charge in [0.05, 0.1) is 5.69 Å². The van der Waals surface area contributed by atoms with Crippen LogP contribution in [-0.2, 0) is 0 Å². The van der Waals surface area contributed by atoms with Crippen molar-refractivity contribution in [3.05, 3.63) is 65.2 Å². The lowest BCUT2D eigenvalue weighted by Crippen LogP contribution is -2.20. The second-order valence-electron chi connectivity index (χ2n) is 4.08. The number of rotatable bonds is 3. The van der Waals surface area contributed by atoms with Gasteiger partial charge in [-0.25, -0.2) is 8.78 Å². The Morgan fingerprint density at radius 2 is 1.71 bits per heavy atom. The molecule has 0 spiro atoms. The molecule has 1 amide bonds. The van der Waals surface area contributed by atoms with Crippen LogP contribution in [0.4, 0.5) is 14.5 Å². The number of anilines is 1. The molecule has 0 unspecified atom stereocenters. The van der Waals surface area contributed by atoms with Crippen LogP contribution in [0.2, 0.25) is 0 Å². The molecule has 7 heteroatoms. The Kier molecular flexibility index (Phi) is 4.13. The summed E-state index contributed by atoms with van der Waals surface area (Å²) in [6.07, 6.45) is 0. The van der Waals surface area contributed by atoms with Gasteiger partial charge in [0.15, 0.2) is 5.84 Å². The first-order chi connectivity index (χ1) is 10.0. The molecule has 0 aliphatic carbocycles. The minimum atomic E-state index is -0.978. The van der Waals surface area contributed by atoms with Crippen molar-refractivity contribution in [1.82, 2.24) is 0 Å². The number of halogens is 2. The molecule has 2 aromatic carbocycles. The summed E-state index contributed by atoms with van der Waals surface area (Å²) in [7, 11) is 0. The highest BCUT2D eigenvalue weighted by Crippen LogP contribution is 2.18. The minimum Gasteiger partial charge on any atom is -0.409 e. The molecule has 0 aromatic heterocycles. The summed E-state index contributed by atoms with van der Waals surface area (Å²) < 4.78 is 27.1. The Hall–Kier alpha value is -2.96. The number of hydrogen-bond donors (Lipinski definition) is 3. The van der Waals surface area contributed by atoms with Crippen LogP contribution in [0.25, 0.3) is 0 Å². The highest BCUT2D eigenvalue weighted by atomic mass is 19.1. The molecule has 0 heterocycles. The molecule has 108 valence electrons. The standard InChI is InChI=1S/C14H11F2N3O2/c15-9-5-3-6-10(16)12(9)14(20)18-11-7-2-1-4-8(11)13(17)19-21/h1-7,21H,(H2,17,19)(H,18,20). The fraction of sp³-hybridized carbons (Fsp3) is 0. The van der Waals surface area contributed by atoms with E-state index < -0.39 is 23.1 Å². The molecule has 0 fully saturated rings. The number of oxime groups is 1. The Morgan fingerprint density at radius 3 is 2.33 bits per heavy atom. The fourth-order valence-electron chi connectivity index (χ4n) is 1.77. The van der Waals surface area contributed by atoms with Crippen LogP contribution >= 0.6 is 0 Å². The number of nitrogens with zero attached hydrogens (tertiary/aromatic N) is 1. The first kappa shape index (κ1) is 14.4. The van der Waals surface area contributed by atoms with Gasteiger partial charge in [-0.15, -0.1) is 0 Å². The van der Waals surface area contributed by atoms with E-state index in [1.54, 1.807) is 12.1 Å². The zero-order valence-corrected chi connectivity index (χ0v) is 10.7. The van der Waals surface area contributed by atoms with E-state index in [2.05, 4.69) is 10.5 Å². The van der Waals surface area contributed by atoms with Gasteiger partial charge in [0.1, 0.15) is 17.2 Å².